The van der Waals surface area contributed by atoms with Gasteiger partial charge in [0.25, 0.3) is 0 Å². The first-order valence-corrected chi connectivity index (χ1v) is 12.5. The zero-order valence-electron chi connectivity index (χ0n) is 20.1. The van der Waals surface area contributed by atoms with Crippen molar-refractivity contribution in [2.75, 3.05) is 18.6 Å². The number of ether oxygens (including phenoxy) is 1. The molecule has 0 unspecified atom stereocenters. The Kier molecular flexibility index (Phi) is 6.65. The summed E-state index contributed by atoms with van der Waals surface area (Å²) >= 11 is 6.72. The summed E-state index contributed by atoms with van der Waals surface area (Å²) in [5, 5.41) is 5.72. The number of hydrogen-bond acceptors (Lipinski definition) is 4. The lowest BCUT2D eigenvalue weighted by Gasteiger charge is -2.27. The van der Waals surface area contributed by atoms with E-state index in [2.05, 4.69) is 46.7 Å². The largest absolute Gasteiger partial charge is 0.497 e. The van der Waals surface area contributed by atoms with Crippen LogP contribution in [0.2, 0.25) is 5.02 Å². The third-order valence-corrected chi connectivity index (χ3v) is 7.39. The van der Waals surface area contributed by atoms with Crippen molar-refractivity contribution in [3.05, 3.63) is 76.1 Å². The fraction of sp³-hybridized carbons (Fsp3) is 0.357. The lowest BCUT2D eigenvalue weighted by Crippen LogP contribution is -2.29. The van der Waals surface area contributed by atoms with Crippen molar-refractivity contribution in [3.63, 3.8) is 0 Å². The van der Waals surface area contributed by atoms with Crippen LogP contribution in [0.15, 0.2) is 48.5 Å². The summed E-state index contributed by atoms with van der Waals surface area (Å²) in [4.78, 5) is 7.72. The summed E-state index contributed by atoms with van der Waals surface area (Å²) < 4.78 is 7.47. The summed E-state index contributed by atoms with van der Waals surface area (Å²) in [5.41, 5.74) is 7.69. The average Bonchev–Trinajstić information content (AvgIpc) is 3.43. The maximum atomic E-state index is 6.72. The molecular weight excluding hydrogens is 479 g/mol. The number of halogens is 2. The average molecular weight is 509 g/mol. The topological polar surface area (TPSA) is 42.7 Å². The number of nitrogens with zero attached hydrogens (tertiary/aromatic N) is 4. The van der Waals surface area contributed by atoms with Crippen LogP contribution in [-0.4, -0.2) is 28.3 Å². The second-order valence-electron chi connectivity index (χ2n) is 9.57. The molecule has 0 amide bonds. The summed E-state index contributed by atoms with van der Waals surface area (Å²) in [6.07, 6.45) is 5.84. The first-order valence-electron chi connectivity index (χ1n) is 12.2. The molecule has 2 aromatic carbocycles. The molecular formula is C28H30Cl2N4O. The normalized spacial score (nSPS) is 14.6. The minimum Gasteiger partial charge on any atom is -0.497 e. The fourth-order valence-corrected chi connectivity index (χ4v) is 5.49. The van der Waals surface area contributed by atoms with Gasteiger partial charge in [0.05, 0.1) is 23.4 Å². The summed E-state index contributed by atoms with van der Waals surface area (Å²) in [6, 6.07) is 16.6. The predicted molar refractivity (Wildman–Crippen MR) is 144 cm³/mol. The van der Waals surface area contributed by atoms with E-state index in [0.717, 1.165) is 66.5 Å². The van der Waals surface area contributed by atoms with Crippen molar-refractivity contribution >= 4 is 35.5 Å². The highest BCUT2D eigenvalue weighted by atomic mass is 35.5. The van der Waals surface area contributed by atoms with Gasteiger partial charge in [-0.15, -0.1) is 12.4 Å². The van der Waals surface area contributed by atoms with E-state index >= 15 is 0 Å². The van der Waals surface area contributed by atoms with Crippen molar-refractivity contribution in [1.82, 2.24) is 14.6 Å². The van der Waals surface area contributed by atoms with Crippen molar-refractivity contribution in [2.24, 2.45) is 5.92 Å². The minimum absolute atomic E-state index is 0. The maximum Gasteiger partial charge on any atom is 0.165 e. The molecule has 2 aliphatic rings. The maximum absolute atomic E-state index is 6.72. The van der Waals surface area contributed by atoms with Crippen LogP contribution in [0, 0.1) is 12.8 Å². The molecule has 0 saturated heterocycles. The Labute approximate surface area is 217 Å². The van der Waals surface area contributed by atoms with E-state index in [-0.39, 0.29) is 12.4 Å². The molecule has 0 bridgehead atoms. The monoisotopic (exact) mass is 508 g/mol. The Hall–Kier alpha value is -2.76. The Morgan fingerprint density at radius 2 is 1.91 bits per heavy atom. The zero-order chi connectivity index (χ0) is 23.2. The molecule has 0 aliphatic heterocycles. The van der Waals surface area contributed by atoms with Gasteiger partial charge in [-0.2, -0.15) is 9.61 Å². The molecule has 1 saturated carbocycles. The van der Waals surface area contributed by atoms with Gasteiger partial charge in [-0.3, -0.25) is 0 Å². The lowest BCUT2D eigenvalue weighted by atomic mass is 10.1. The number of benzene rings is 2. The molecule has 5 nitrogen and oxygen atoms in total. The molecule has 4 aromatic rings. The number of fused-ring (bicyclic) bond motifs is 2. The zero-order valence-corrected chi connectivity index (χ0v) is 21.7. The molecule has 182 valence electrons. The van der Waals surface area contributed by atoms with E-state index in [0.29, 0.717) is 5.02 Å². The molecule has 0 spiro atoms. The number of rotatable bonds is 7. The van der Waals surface area contributed by atoms with Crippen LogP contribution in [0.1, 0.15) is 41.8 Å². The number of hydrogen-bond donors (Lipinski definition) is 0. The van der Waals surface area contributed by atoms with E-state index in [9.17, 15) is 0 Å². The van der Waals surface area contributed by atoms with Crippen LogP contribution in [0.4, 0.5) is 5.82 Å². The molecule has 6 rings (SSSR count). The molecule has 1 fully saturated rings. The van der Waals surface area contributed by atoms with E-state index in [4.69, 9.17) is 26.4 Å². The van der Waals surface area contributed by atoms with Crippen molar-refractivity contribution < 1.29 is 4.74 Å². The Morgan fingerprint density at radius 3 is 2.63 bits per heavy atom. The van der Waals surface area contributed by atoms with Crippen LogP contribution in [-0.2, 0) is 19.4 Å². The van der Waals surface area contributed by atoms with Crippen molar-refractivity contribution in [2.45, 2.75) is 45.6 Å². The summed E-state index contributed by atoms with van der Waals surface area (Å²) in [6.45, 7) is 3.99. The standard InChI is InChI=1S/C28H29ClN4O.ClH/c1-18-26(22-14-13-21(34-2)15-24(22)29)27-30-25-10-6-9-23(25)28(33(27)31-18)32(17-20-11-12-20)16-19-7-4-3-5-8-19;/h3-5,7-8,13-15,20H,6,9-12,16-17H2,1-2H3;1H. The molecule has 2 aliphatic carbocycles. The fourth-order valence-electron chi connectivity index (χ4n) is 5.22. The van der Waals surface area contributed by atoms with Gasteiger partial charge >= 0.3 is 0 Å². The number of aryl methyl sites for hydroxylation is 2. The van der Waals surface area contributed by atoms with Gasteiger partial charge in [-0.1, -0.05) is 41.9 Å². The van der Waals surface area contributed by atoms with Crippen molar-refractivity contribution in [3.8, 4) is 16.9 Å². The number of methoxy groups -OCH3 is 1. The quantitative estimate of drug-likeness (QED) is 0.278. The number of aromatic nitrogens is 3. The Bertz CT molecular complexity index is 1360. The minimum atomic E-state index is 0. The summed E-state index contributed by atoms with van der Waals surface area (Å²) in [7, 11) is 1.66. The molecule has 35 heavy (non-hydrogen) atoms. The van der Waals surface area contributed by atoms with Gasteiger partial charge < -0.3 is 9.64 Å². The highest BCUT2D eigenvalue weighted by molar-refractivity contribution is 6.33. The molecule has 0 radical (unpaired) electrons. The van der Waals surface area contributed by atoms with Crippen LogP contribution in [0.25, 0.3) is 16.8 Å². The summed E-state index contributed by atoms with van der Waals surface area (Å²) in [5.74, 6) is 2.72. The predicted octanol–water partition coefficient (Wildman–Crippen LogP) is 6.69. The van der Waals surface area contributed by atoms with E-state index < -0.39 is 0 Å². The van der Waals surface area contributed by atoms with Crippen molar-refractivity contribution in [1.29, 1.82) is 0 Å². The first kappa shape index (κ1) is 24.0. The van der Waals surface area contributed by atoms with Gasteiger partial charge in [0.2, 0.25) is 0 Å². The van der Waals surface area contributed by atoms with E-state index in [1.165, 1.54) is 35.5 Å². The Balaban J connectivity index is 0.00000253. The van der Waals surface area contributed by atoms with Crippen LogP contribution in [0.3, 0.4) is 0 Å². The lowest BCUT2D eigenvalue weighted by molar-refractivity contribution is 0.415. The van der Waals surface area contributed by atoms with Crippen LogP contribution in [0.5, 0.6) is 5.75 Å². The highest BCUT2D eigenvalue weighted by Crippen LogP contribution is 2.40. The molecule has 0 N–H and O–H groups in total. The van der Waals surface area contributed by atoms with Gasteiger partial charge in [-0.05, 0) is 68.7 Å². The molecule has 2 heterocycles. The highest BCUT2D eigenvalue weighted by Gasteiger charge is 2.31. The first-order chi connectivity index (χ1) is 16.6. The van der Waals surface area contributed by atoms with Crippen LogP contribution < -0.4 is 9.64 Å². The number of anilines is 1. The van der Waals surface area contributed by atoms with Gasteiger partial charge in [0.1, 0.15) is 11.6 Å². The molecule has 0 atom stereocenters. The van der Waals surface area contributed by atoms with E-state index in [1.54, 1.807) is 7.11 Å². The van der Waals surface area contributed by atoms with Gasteiger partial charge in [0, 0.05) is 29.9 Å². The molecule has 7 heteroatoms. The van der Waals surface area contributed by atoms with Gasteiger partial charge in [0.15, 0.2) is 5.65 Å². The second kappa shape index (κ2) is 9.71. The Morgan fingerprint density at radius 1 is 1.11 bits per heavy atom. The smallest absolute Gasteiger partial charge is 0.165 e. The second-order valence-corrected chi connectivity index (χ2v) is 9.97. The van der Waals surface area contributed by atoms with Crippen LogP contribution >= 0.6 is 24.0 Å². The SMILES string of the molecule is COc1ccc(-c2c(C)nn3c(N(Cc4ccccc4)CC4CC4)c4c(nc23)CCC4)c(Cl)c1.Cl. The molecule has 2 aromatic heterocycles. The van der Waals surface area contributed by atoms with Gasteiger partial charge in [-0.25, -0.2) is 4.98 Å². The van der Waals surface area contributed by atoms with E-state index in [1.807, 2.05) is 18.2 Å². The third kappa shape index (κ3) is 4.48. The third-order valence-electron chi connectivity index (χ3n) is 7.07.